The molecule has 0 radical (unpaired) electrons. The van der Waals surface area contributed by atoms with Crippen molar-refractivity contribution in [1.82, 2.24) is 0 Å². The van der Waals surface area contributed by atoms with Crippen molar-refractivity contribution in [2.75, 3.05) is 21.3 Å². The summed E-state index contributed by atoms with van der Waals surface area (Å²) in [6.45, 7) is 7.90. The highest BCUT2D eigenvalue weighted by Crippen LogP contribution is 2.42. The highest BCUT2D eigenvalue weighted by atomic mass is 16.7. The summed E-state index contributed by atoms with van der Waals surface area (Å²) >= 11 is 0. The van der Waals surface area contributed by atoms with E-state index >= 15 is 0 Å². The van der Waals surface area contributed by atoms with Gasteiger partial charge in [0.1, 0.15) is 5.75 Å². The van der Waals surface area contributed by atoms with Crippen LogP contribution in [0.5, 0.6) is 5.75 Å². The Morgan fingerprint density at radius 2 is 1.60 bits per heavy atom. The number of ether oxygens (including phenoxy) is 7. The molecule has 9 heteroatoms. The summed E-state index contributed by atoms with van der Waals surface area (Å²) in [5.74, 6) is -1.86. The quantitative estimate of drug-likeness (QED) is 0.214. The fourth-order valence-corrected chi connectivity index (χ4v) is 5.11. The fraction of sp³-hybridized carbons (Fsp3) is 0.515. The molecule has 0 aliphatic carbocycles. The Kier molecular flexibility index (Phi) is 12.5. The summed E-state index contributed by atoms with van der Waals surface area (Å²) in [4.78, 5) is 24.5. The van der Waals surface area contributed by atoms with Crippen LogP contribution in [-0.4, -0.2) is 63.5 Å². The zero-order valence-corrected chi connectivity index (χ0v) is 25.7. The third kappa shape index (κ3) is 8.88. The molecule has 0 N–H and O–H groups in total. The van der Waals surface area contributed by atoms with Crippen LogP contribution in [0, 0.1) is 5.92 Å². The first-order valence-corrected chi connectivity index (χ1v) is 14.2. The number of methoxy groups -OCH3 is 3. The van der Waals surface area contributed by atoms with Crippen LogP contribution in [0.1, 0.15) is 51.7 Å². The van der Waals surface area contributed by atoms with Gasteiger partial charge >= 0.3 is 11.9 Å². The van der Waals surface area contributed by atoms with Gasteiger partial charge in [0.25, 0.3) is 0 Å². The van der Waals surface area contributed by atoms with E-state index in [0.29, 0.717) is 31.6 Å². The van der Waals surface area contributed by atoms with Crippen LogP contribution in [0.15, 0.2) is 66.2 Å². The molecule has 42 heavy (non-hydrogen) atoms. The molecule has 3 rings (SSSR count). The number of hydrogen-bond donors (Lipinski definition) is 0. The smallest absolute Gasteiger partial charge is 0.330 e. The maximum Gasteiger partial charge on any atom is 0.330 e. The van der Waals surface area contributed by atoms with E-state index in [4.69, 9.17) is 33.2 Å². The largest absolute Gasteiger partial charge is 0.497 e. The van der Waals surface area contributed by atoms with Gasteiger partial charge in [0.05, 0.1) is 45.7 Å². The van der Waals surface area contributed by atoms with E-state index in [1.165, 1.54) is 27.2 Å². The Morgan fingerprint density at radius 1 is 0.952 bits per heavy atom. The molecule has 1 saturated heterocycles. The summed E-state index contributed by atoms with van der Waals surface area (Å²) < 4.78 is 41.2. The monoisotopic (exact) mass is 584 g/mol. The lowest BCUT2D eigenvalue weighted by atomic mass is 9.83. The Bertz CT molecular complexity index is 1160. The topological polar surface area (TPSA) is 98.8 Å². The van der Waals surface area contributed by atoms with Crippen LogP contribution in [0.25, 0.3) is 0 Å². The van der Waals surface area contributed by atoms with E-state index in [9.17, 15) is 9.59 Å². The molecule has 0 spiro atoms. The number of hydrogen-bond acceptors (Lipinski definition) is 9. The lowest BCUT2D eigenvalue weighted by molar-refractivity contribution is -0.322. The zero-order valence-electron chi connectivity index (χ0n) is 25.7. The van der Waals surface area contributed by atoms with E-state index in [0.717, 1.165) is 16.9 Å². The predicted octanol–water partition coefficient (Wildman–Crippen LogP) is 5.39. The summed E-state index contributed by atoms with van der Waals surface area (Å²) in [6, 6.07) is 17.6. The van der Waals surface area contributed by atoms with E-state index in [1.807, 2.05) is 75.4 Å². The number of benzene rings is 2. The van der Waals surface area contributed by atoms with Gasteiger partial charge in [-0.15, -0.1) is 0 Å². The van der Waals surface area contributed by atoms with Crippen molar-refractivity contribution in [3.8, 4) is 5.75 Å². The maximum absolute atomic E-state index is 12.4. The third-order valence-electron chi connectivity index (χ3n) is 7.43. The van der Waals surface area contributed by atoms with Gasteiger partial charge in [-0.25, -0.2) is 4.79 Å². The SMILES string of the molecule is COC(=O)/C=C1\C[C@@H](C[C@@H](OCc2ccc(OC)cc2)[C@@H](C)OCc2ccccc2)O[C@@](OC)(C(C)C)[C@H]1OC(C)=O. The number of esters is 2. The Morgan fingerprint density at radius 3 is 2.17 bits per heavy atom. The summed E-state index contributed by atoms with van der Waals surface area (Å²) in [7, 11) is 4.44. The Balaban J connectivity index is 1.89. The van der Waals surface area contributed by atoms with E-state index in [1.54, 1.807) is 7.11 Å². The minimum absolute atomic E-state index is 0.235. The van der Waals surface area contributed by atoms with Gasteiger partial charge in [0.15, 0.2) is 6.10 Å². The molecule has 1 aliphatic rings. The minimum atomic E-state index is -1.33. The molecule has 0 bridgehead atoms. The molecule has 0 amide bonds. The molecule has 9 nitrogen and oxygen atoms in total. The standard InChI is InChI=1S/C33H44O9/c1-22(2)33(38-7)32(41-24(4)34)27(18-31(35)37-6)17-29(42-33)19-30(23(3)39-20-25-11-9-8-10-12-25)40-21-26-13-15-28(36-5)16-14-26/h8-16,18,22-23,29-30,32H,17,19-21H2,1-7H3/b27-18+/t23-,29+,30-,32+,33+/m1/s1. The van der Waals surface area contributed by atoms with Gasteiger partial charge in [0.2, 0.25) is 5.79 Å². The van der Waals surface area contributed by atoms with Crippen molar-refractivity contribution in [2.24, 2.45) is 5.92 Å². The van der Waals surface area contributed by atoms with Crippen molar-refractivity contribution >= 4 is 11.9 Å². The van der Waals surface area contributed by atoms with Crippen molar-refractivity contribution in [1.29, 1.82) is 0 Å². The van der Waals surface area contributed by atoms with Gasteiger partial charge in [-0.3, -0.25) is 4.79 Å². The molecule has 0 saturated carbocycles. The maximum atomic E-state index is 12.4. The van der Waals surface area contributed by atoms with Crippen LogP contribution < -0.4 is 4.74 Å². The molecule has 230 valence electrons. The number of carbonyl (C=O) groups excluding carboxylic acids is 2. The molecule has 5 atom stereocenters. The Hall–Kier alpha value is -3.24. The van der Waals surface area contributed by atoms with E-state index in [-0.39, 0.29) is 18.1 Å². The van der Waals surface area contributed by atoms with Crippen LogP contribution in [0.2, 0.25) is 0 Å². The second-order valence-corrected chi connectivity index (χ2v) is 10.7. The molecule has 2 aromatic carbocycles. The van der Waals surface area contributed by atoms with Gasteiger partial charge in [-0.05, 0) is 42.2 Å². The summed E-state index contributed by atoms with van der Waals surface area (Å²) in [6.07, 6.45) is 0.0318. The summed E-state index contributed by atoms with van der Waals surface area (Å²) in [5.41, 5.74) is 2.59. The van der Waals surface area contributed by atoms with Gasteiger partial charge in [-0.2, -0.15) is 0 Å². The van der Waals surface area contributed by atoms with E-state index in [2.05, 4.69) is 0 Å². The molecular formula is C33H44O9. The lowest BCUT2D eigenvalue weighted by Crippen LogP contribution is -2.59. The normalized spacial score (nSPS) is 22.9. The Labute approximate surface area is 249 Å². The average molecular weight is 585 g/mol. The first-order valence-electron chi connectivity index (χ1n) is 14.2. The summed E-state index contributed by atoms with van der Waals surface area (Å²) in [5, 5.41) is 0. The van der Waals surface area contributed by atoms with Crippen molar-refractivity contribution in [3.05, 3.63) is 77.4 Å². The van der Waals surface area contributed by atoms with Gasteiger partial charge < -0.3 is 33.2 Å². The second-order valence-electron chi connectivity index (χ2n) is 10.7. The molecule has 1 heterocycles. The van der Waals surface area contributed by atoms with Crippen molar-refractivity contribution in [3.63, 3.8) is 0 Å². The van der Waals surface area contributed by atoms with Crippen LogP contribution in [-0.2, 0) is 51.2 Å². The third-order valence-corrected chi connectivity index (χ3v) is 7.43. The lowest BCUT2D eigenvalue weighted by Gasteiger charge is -2.49. The zero-order chi connectivity index (χ0) is 30.7. The average Bonchev–Trinajstić information content (AvgIpc) is 2.99. The highest BCUT2D eigenvalue weighted by Gasteiger charge is 2.53. The van der Waals surface area contributed by atoms with E-state index < -0.39 is 29.9 Å². The van der Waals surface area contributed by atoms with Crippen LogP contribution in [0.3, 0.4) is 0 Å². The minimum Gasteiger partial charge on any atom is -0.497 e. The van der Waals surface area contributed by atoms with Crippen molar-refractivity contribution < 1.29 is 42.7 Å². The first-order chi connectivity index (χ1) is 20.1. The molecule has 2 aromatic rings. The molecule has 0 unspecified atom stereocenters. The fourth-order valence-electron chi connectivity index (χ4n) is 5.11. The first kappa shape index (κ1) is 33.3. The molecule has 0 aromatic heterocycles. The molecular weight excluding hydrogens is 540 g/mol. The second kappa shape index (κ2) is 15.8. The number of rotatable bonds is 14. The molecule has 1 aliphatic heterocycles. The van der Waals surface area contributed by atoms with Crippen LogP contribution in [0.4, 0.5) is 0 Å². The van der Waals surface area contributed by atoms with Crippen LogP contribution >= 0.6 is 0 Å². The van der Waals surface area contributed by atoms with Gasteiger partial charge in [0, 0.05) is 32.4 Å². The predicted molar refractivity (Wildman–Crippen MR) is 157 cm³/mol. The molecule has 1 fully saturated rings. The van der Waals surface area contributed by atoms with Crippen molar-refractivity contribution in [2.45, 2.75) is 84.0 Å². The van der Waals surface area contributed by atoms with Gasteiger partial charge in [-0.1, -0.05) is 56.3 Å². The number of carbonyl (C=O) groups is 2. The highest BCUT2D eigenvalue weighted by molar-refractivity contribution is 5.83.